The summed E-state index contributed by atoms with van der Waals surface area (Å²) in [6.07, 6.45) is 0.0916. The molecule has 0 saturated carbocycles. The van der Waals surface area contributed by atoms with Crippen LogP contribution in [0.5, 0.6) is 5.75 Å². The van der Waals surface area contributed by atoms with E-state index in [1.165, 1.54) is 12.1 Å². The number of hydrogen-bond donors (Lipinski definition) is 1. The highest BCUT2D eigenvalue weighted by atomic mass is 19.1. The van der Waals surface area contributed by atoms with Crippen LogP contribution < -0.4 is 10.5 Å². The summed E-state index contributed by atoms with van der Waals surface area (Å²) in [5.41, 5.74) is 4.88. The molecule has 0 atom stereocenters. The van der Waals surface area contributed by atoms with E-state index in [1.807, 2.05) is 0 Å². The molecule has 0 aromatic heterocycles. The first-order valence-corrected chi connectivity index (χ1v) is 3.86. The highest BCUT2D eigenvalue weighted by molar-refractivity contribution is 5.73. The van der Waals surface area contributed by atoms with E-state index in [0.29, 0.717) is 0 Å². The van der Waals surface area contributed by atoms with Gasteiger partial charge in [-0.1, -0.05) is 12.1 Å². The highest BCUT2D eigenvalue weighted by Crippen LogP contribution is 2.15. The number of benzene rings is 1. The van der Waals surface area contributed by atoms with Gasteiger partial charge in [0.1, 0.15) is 0 Å². The standard InChI is InChI=1S/C9H10FNO2/c10-7-3-1-2-4-8(7)13-6-5-9(11)12/h1-4H,5-6H2,(H2,11,12). The molecule has 0 heterocycles. The number of para-hydroxylation sites is 1. The zero-order valence-electron chi connectivity index (χ0n) is 7.00. The van der Waals surface area contributed by atoms with Crippen LogP contribution in [-0.4, -0.2) is 12.5 Å². The SMILES string of the molecule is NC(=O)CCOc1ccccc1F. The molecule has 0 aliphatic heterocycles. The first-order chi connectivity index (χ1) is 6.20. The third-order valence-corrected chi connectivity index (χ3v) is 1.44. The minimum Gasteiger partial charge on any atom is -0.490 e. The summed E-state index contributed by atoms with van der Waals surface area (Å²) in [6.45, 7) is 0.107. The van der Waals surface area contributed by atoms with Crippen molar-refractivity contribution in [3.8, 4) is 5.75 Å². The van der Waals surface area contributed by atoms with E-state index in [9.17, 15) is 9.18 Å². The Labute approximate surface area is 75.3 Å². The zero-order valence-corrected chi connectivity index (χ0v) is 7.00. The third kappa shape index (κ3) is 3.11. The summed E-state index contributed by atoms with van der Waals surface area (Å²) in [7, 11) is 0. The number of nitrogens with two attached hydrogens (primary N) is 1. The fraction of sp³-hybridized carbons (Fsp3) is 0.222. The van der Waals surface area contributed by atoms with E-state index in [-0.39, 0.29) is 18.8 Å². The number of amides is 1. The van der Waals surface area contributed by atoms with Crippen molar-refractivity contribution >= 4 is 5.91 Å². The average Bonchev–Trinajstić information content (AvgIpc) is 2.08. The molecule has 4 heteroatoms. The molecule has 0 aliphatic carbocycles. The fourth-order valence-corrected chi connectivity index (χ4v) is 0.823. The van der Waals surface area contributed by atoms with Crippen LogP contribution in [0, 0.1) is 5.82 Å². The van der Waals surface area contributed by atoms with Crippen LogP contribution >= 0.6 is 0 Å². The average molecular weight is 183 g/mol. The molecule has 0 spiro atoms. The number of halogens is 1. The van der Waals surface area contributed by atoms with Crippen LogP contribution in [0.15, 0.2) is 24.3 Å². The second-order valence-corrected chi connectivity index (χ2v) is 2.50. The maximum Gasteiger partial charge on any atom is 0.220 e. The van der Waals surface area contributed by atoms with Crippen molar-refractivity contribution in [1.29, 1.82) is 0 Å². The Kier molecular flexibility index (Phi) is 3.25. The van der Waals surface area contributed by atoms with Gasteiger partial charge in [0.25, 0.3) is 0 Å². The van der Waals surface area contributed by atoms with Gasteiger partial charge < -0.3 is 10.5 Å². The number of primary amides is 1. The second-order valence-electron chi connectivity index (χ2n) is 2.50. The smallest absolute Gasteiger partial charge is 0.220 e. The quantitative estimate of drug-likeness (QED) is 0.759. The molecule has 0 radical (unpaired) electrons. The van der Waals surface area contributed by atoms with Crippen LogP contribution in [0.3, 0.4) is 0 Å². The van der Waals surface area contributed by atoms with Gasteiger partial charge in [-0.15, -0.1) is 0 Å². The molecule has 0 fully saturated rings. The summed E-state index contributed by atoms with van der Waals surface area (Å²) in [6, 6.07) is 6.01. The first-order valence-electron chi connectivity index (χ1n) is 3.86. The monoisotopic (exact) mass is 183 g/mol. The van der Waals surface area contributed by atoms with Crippen molar-refractivity contribution in [2.75, 3.05) is 6.61 Å². The lowest BCUT2D eigenvalue weighted by atomic mass is 10.3. The summed E-state index contributed by atoms with van der Waals surface area (Å²) >= 11 is 0. The van der Waals surface area contributed by atoms with Crippen molar-refractivity contribution in [2.45, 2.75) is 6.42 Å². The Bertz CT molecular complexity index is 301. The van der Waals surface area contributed by atoms with Gasteiger partial charge in [-0.05, 0) is 12.1 Å². The predicted octanol–water partition coefficient (Wildman–Crippen LogP) is 1.08. The molecule has 1 aromatic rings. The zero-order chi connectivity index (χ0) is 9.68. The van der Waals surface area contributed by atoms with Crippen LogP contribution in [0.25, 0.3) is 0 Å². The van der Waals surface area contributed by atoms with Gasteiger partial charge in [0, 0.05) is 0 Å². The van der Waals surface area contributed by atoms with Gasteiger partial charge in [0.15, 0.2) is 11.6 Å². The fourth-order valence-electron chi connectivity index (χ4n) is 0.823. The van der Waals surface area contributed by atoms with Crippen molar-refractivity contribution in [2.24, 2.45) is 5.73 Å². The van der Waals surface area contributed by atoms with Crippen molar-refractivity contribution in [3.63, 3.8) is 0 Å². The van der Waals surface area contributed by atoms with Crippen LogP contribution in [0.1, 0.15) is 6.42 Å². The highest BCUT2D eigenvalue weighted by Gasteiger charge is 2.01. The Morgan fingerprint density at radius 2 is 2.15 bits per heavy atom. The Morgan fingerprint density at radius 1 is 1.46 bits per heavy atom. The number of carbonyl (C=O) groups is 1. The molecular weight excluding hydrogens is 173 g/mol. The number of rotatable bonds is 4. The molecule has 3 nitrogen and oxygen atoms in total. The van der Waals surface area contributed by atoms with Crippen LogP contribution in [0.2, 0.25) is 0 Å². The maximum absolute atomic E-state index is 12.9. The lowest BCUT2D eigenvalue weighted by molar-refractivity contribution is -0.118. The van der Waals surface area contributed by atoms with Crippen LogP contribution in [0.4, 0.5) is 4.39 Å². The van der Waals surface area contributed by atoms with Gasteiger partial charge in [-0.3, -0.25) is 4.79 Å². The summed E-state index contributed by atoms with van der Waals surface area (Å²) < 4.78 is 17.8. The van der Waals surface area contributed by atoms with Gasteiger partial charge >= 0.3 is 0 Å². The third-order valence-electron chi connectivity index (χ3n) is 1.44. The van der Waals surface area contributed by atoms with Gasteiger partial charge in [-0.2, -0.15) is 0 Å². The molecule has 2 N–H and O–H groups in total. The minimum atomic E-state index is -0.462. The van der Waals surface area contributed by atoms with E-state index in [2.05, 4.69) is 0 Å². The maximum atomic E-state index is 12.9. The Morgan fingerprint density at radius 3 is 2.77 bits per heavy atom. The van der Waals surface area contributed by atoms with Crippen LogP contribution in [-0.2, 0) is 4.79 Å². The van der Waals surface area contributed by atoms with Crippen molar-refractivity contribution < 1.29 is 13.9 Å². The molecule has 0 unspecified atom stereocenters. The van der Waals surface area contributed by atoms with Gasteiger partial charge in [-0.25, -0.2) is 4.39 Å². The summed E-state index contributed by atoms with van der Waals surface area (Å²) in [5.74, 6) is -0.757. The first kappa shape index (κ1) is 9.51. The number of hydrogen-bond acceptors (Lipinski definition) is 2. The van der Waals surface area contributed by atoms with E-state index >= 15 is 0 Å². The second kappa shape index (κ2) is 4.45. The van der Waals surface area contributed by atoms with Crippen molar-refractivity contribution in [1.82, 2.24) is 0 Å². The molecule has 70 valence electrons. The number of ether oxygens (including phenoxy) is 1. The summed E-state index contributed by atoms with van der Waals surface area (Å²) in [4.78, 5) is 10.3. The number of carbonyl (C=O) groups excluding carboxylic acids is 1. The topological polar surface area (TPSA) is 52.3 Å². The molecule has 0 saturated heterocycles. The predicted molar refractivity (Wildman–Crippen MR) is 45.7 cm³/mol. The van der Waals surface area contributed by atoms with Gasteiger partial charge in [0.2, 0.25) is 5.91 Å². The Balaban J connectivity index is 2.45. The molecule has 1 rings (SSSR count). The largest absolute Gasteiger partial charge is 0.490 e. The Hall–Kier alpha value is -1.58. The van der Waals surface area contributed by atoms with Gasteiger partial charge in [0.05, 0.1) is 13.0 Å². The van der Waals surface area contributed by atoms with Crippen molar-refractivity contribution in [3.05, 3.63) is 30.1 Å². The molecular formula is C9H10FNO2. The van der Waals surface area contributed by atoms with E-state index in [1.54, 1.807) is 12.1 Å². The lowest BCUT2D eigenvalue weighted by Gasteiger charge is -2.04. The van der Waals surface area contributed by atoms with E-state index < -0.39 is 11.7 Å². The molecule has 0 bridgehead atoms. The minimum absolute atomic E-state index is 0.0916. The normalized spacial score (nSPS) is 9.62. The molecule has 1 aromatic carbocycles. The molecule has 1 amide bonds. The van der Waals surface area contributed by atoms with E-state index in [4.69, 9.17) is 10.5 Å². The van der Waals surface area contributed by atoms with E-state index in [0.717, 1.165) is 0 Å². The molecule has 0 aliphatic rings. The summed E-state index contributed by atoms with van der Waals surface area (Å²) in [5, 5.41) is 0. The lowest BCUT2D eigenvalue weighted by Crippen LogP contribution is -2.14. The molecule has 13 heavy (non-hydrogen) atoms.